The first-order chi connectivity index (χ1) is 10.0. The van der Waals surface area contributed by atoms with Gasteiger partial charge in [-0.2, -0.15) is 0 Å². The number of phenolic OH excluding ortho intramolecular Hbond substituents is 1. The van der Waals surface area contributed by atoms with Crippen molar-refractivity contribution in [3.63, 3.8) is 0 Å². The topological polar surface area (TPSA) is 78.4 Å². The highest BCUT2D eigenvalue weighted by atomic mass is 16.3. The number of ketones is 1. The van der Waals surface area contributed by atoms with Crippen LogP contribution >= 0.6 is 0 Å². The molecule has 3 N–H and O–H groups in total. The molecule has 0 fully saturated rings. The van der Waals surface area contributed by atoms with Crippen LogP contribution in [0.25, 0.3) is 0 Å². The number of amides is 1. The lowest BCUT2D eigenvalue weighted by Gasteiger charge is -2.09. The highest BCUT2D eigenvalue weighted by Gasteiger charge is 2.10. The van der Waals surface area contributed by atoms with Gasteiger partial charge in [0.1, 0.15) is 5.75 Å². The normalized spacial score (nSPS) is 10.0. The first kappa shape index (κ1) is 14.6. The summed E-state index contributed by atoms with van der Waals surface area (Å²) in [5.41, 5.74) is 2.04. The van der Waals surface area contributed by atoms with E-state index in [4.69, 9.17) is 0 Å². The zero-order chi connectivity index (χ0) is 15.4. The van der Waals surface area contributed by atoms with Crippen molar-refractivity contribution >= 4 is 23.1 Å². The van der Waals surface area contributed by atoms with Crippen LogP contribution in [0.3, 0.4) is 0 Å². The monoisotopic (exact) mass is 284 g/mol. The molecule has 5 nitrogen and oxygen atoms in total. The highest BCUT2D eigenvalue weighted by Crippen LogP contribution is 2.27. The molecule has 0 saturated heterocycles. The van der Waals surface area contributed by atoms with E-state index in [9.17, 15) is 14.7 Å². The lowest BCUT2D eigenvalue weighted by atomic mass is 10.1. The predicted octanol–water partition coefficient (Wildman–Crippen LogP) is 2.89. The quantitative estimate of drug-likeness (QED) is 0.596. The molecule has 1 amide bonds. The molecule has 108 valence electrons. The zero-order valence-corrected chi connectivity index (χ0v) is 11.8. The highest BCUT2D eigenvalue weighted by molar-refractivity contribution is 6.05. The summed E-state index contributed by atoms with van der Waals surface area (Å²) in [6.07, 6.45) is 0. The molecule has 2 aromatic rings. The molecule has 21 heavy (non-hydrogen) atoms. The Morgan fingerprint density at radius 2 is 1.62 bits per heavy atom. The minimum absolute atomic E-state index is 0.0180. The first-order valence-electron chi connectivity index (χ1n) is 6.44. The number of aromatic hydroxyl groups is 1. The zero-order valence-electron chi connectivity index (χ0n) is 11.8. The Kier molecular flexibility index (Phi) is 4.23. The van der Waals surface area contributed by atoms with E-state index in [-0.39, 0.29) is 17.4 Å². The van der Waals surface area contributed by atoms with E-state index in [1.807, 2.05) is 0 Å². The van der Waals surface area contributed by atoms with Crippen molar-refractivity contribution in [2.45, 2.75) is 6.92 Å². The van der Waals surface area contributed by atoms with Crippen molar-refractivity contribution < 1.29 is 14.7 Å². The van der Waals surface area contributed by atoms with Gasteiger partial charge in [-0.05, 0) is 31.2 Å². The molecule has 0 heterocycles. The Balaban J connectivity index is 2.16. The van der Waals surface area contributed by atoms with Gasteiger partial charge in [0.05, 0.1) is 5.69 Å². The Morgan fingerprint density at radius 3 is 2.14 bits per heavy atom. The number of phenols is 1. The van der Waals surface area contributed by atoms with Crippen molar-refractivity contribution in [1.82, 2.24) is 0 Å². The molecular weight excluding hydrogens is 268 g/mol. The van der Waals surface area contributed by atoms with E-state index in [1.54, 1.807) is 43.4 Å². The number of carbonyl (C=O) groups is 2. The number of hydrogen-bond acceptors (Lipinski definition) is 4. The van der Waals surface area contributed by atoms with Crippen LogP contribution in [0.5, 0.6) is 5.75 Å². The van der Waals surface area contributed by atoms with Gasteiger partial charge in [-0.3, -0.25) is 9.59 Å². The minimum atomic E-state index is -0.349. The van der Waals surface area contributed by atoms with Crippen molar-refractivity contribution in [2.24, 2.45) is 0 Å². The van der Waals surface area contributed by atoms with E-state index in [0.717, 1.165) is 5.69 Å². The maximum Gasteiger partial charge on any atom is 0.255 e. The fourth-order valence-corrected chi connectivity index (χ4v) is 1.84. The molecule has 0 saturated carbocycles. The summed E-state index contributed by atoms with van der Waals surface area (Å²) in [5, 5.41) is 15.4. The molecule has 2 rings (SSSR count). The third-order valence-electron chi connectivity index (χ3n) is 3.09. The van der Waals surface area contributed by atoms with Gasteiger partial charge in [0, 0.05) is 29.9 Å². The maximum atomic E-state index is 12.1. The van der Waals surface area contributed by atoms with E-state index in [1.165, 1.54) is 13.0 Å². The van der Waals surface area contributed by atoms with Crippen LogP contribution in [0.2, 0.25) is 0 Å². The largest absolute Gasteiger partial charge is 0.506 e. The third kappa shape index (κ3) is 3.39. The van der Waals surface area contributed by atoms with E-state index >= 15 is 0 Å². The molecule has 0 spiro atoms. The van der Waals surface area contributed by atoms with Crippen LogP contribution in [-0.2, 0) is 0 Å². The molecule has 5 heteroatoms. The first-order valence-corrected chi connectivity index (χ1v) is 6.44. The second-order valence-electron chi connectivity index (χ2n) is 4.57. The van der Waals surface area contributed by atoms with Crippen LogP contribution in [-0.4, -0.2) is 23.8 Å². The van der Waals surface area contributed by atoms with Crippen molar-refractivity contribution in [3.05, 3.63) is 53.6 Å². The minimum Gasteiger partial charge on any atom is -0.506 e. The second kappa shape index (κ2) is 6.09. The van der Waals surface area contributed by atoms with E-state index < -0.39 is 0 Å². The van der Waals surface area contributed by atoms with Crippen LogP contribution in [0.15, 0.2) is 42.5 Å². The van der Waals surface area contributed by atoms with Gasteiger partial charge in [-0.25, -0.2) is 0 Å². The summed E-state index contributed by atoms with van der Waals surface area (Å²) in [6.45, 7) is 1.47. The molecule has 2 aromatic carbocycles. The summed E-state index contributed by atoms with van der Waals surface area (Å²) in [6, 6.07) is 11.2. The average molecular weight is 284 g/mol. The maximum absolute atomic E-state index is 12.1. The van der Waals surface area contributed by atoms with Crippen LogP contribution in [0, 0.1) is 0 Å². The molecule has 0 aliphatic carbocycles. The molecular formula is C16H16N2O3. The van der Waals surface area contributed by atoms with Crippen molar-refractivity contribution in [1.29, 1.82) is 0 Å². The Morgan fingerprint density at radius 1 is 1.00 bits per heavy atom. The number of nitrogens with one attached hydrogen (secondary N) is 2. The molecule has 0 unspecified atom stereocenters. The summed E-state index contributed by atoms with van der Waals surface area (Å²) in [5.74, 6) is -0.421. The molecule has 0 bridgehead atoms. The van der Waals surface area contributed by atoms with Gasteiger partial charge in [0.2, 0.25) is 0 Å². The van der Waals surface area contributed by atoms with Gasteiger partial charge < -0.3 is 15.7 Å². The van der Waals surface area contributed by atoms with Gasteiger partial charge in [-0.15, -0.1) is 0 Å². The summed E-state index contributed by atoms with van der Waals surface area (Å²) in [4.78, 5) is 23.3. The lowest BCUT2D eigenvalue weighted by Crippen LogP contribution is -2.12. The van der Waals surface area contributed by atoms with Crippen molar-refractivity contribution in [2.75, 3.05) is 17.7 Å². The molecule has 0 aliphatic rings. The number of hydrogen-bond donors (Lipinski definition) is 3. The number of anilines is 2. The summed E-state index contributed by atoms with van der Waals surface area (Å²) < 4.78 is 0. The number of rotatable bonds is 4. The van der Waals surface area contributed by atoms with Gasteiger partial charge in [0.25, 0.3) is 5.91 Å². The number of Topliss-reactive ketones (excluding diaryl/α,β-unsaturated/α-hetero) is 1. The molecule has 0 atom stereocenters. The smallest absolute Gasteiger partial charge is 0.255 e. The standard InChI is InChI=1S/C16H16N2O3/c1-10(19)11-3-5-12(6-4-11)16(21)18-14-8-7-13(17-2)9-15(14)20/h3-9,17,20H,1-2H3,(H,18,21). The predicted molar refractivity (Wildman–Crippen MR) is 82.1 cm³/mol. The number of carbonyl (C=O) groups excluding carboxylic acids is 2. The number of benzene rings is 2. The fraction of sp³-hybridized carbons (Fsp3) is 0.125. The van der Waals surface area contributed by atoms with Gasteiger partial charge >= 0.3 is 0 Å². The molecule has 0 aliphatic heterocycles. The Labute approximate surface area is 122 Å². The molecule has 0 radical (unpaired) electrons. The average Bonchev–Trinajstić information content (AvgIpc) is 2.49. The van der Waals surface area contributed by atoms with Crippen molar-refractivity contribution in [3.8, 4) is 5.75 Å². The second-order valence-corrected chi connectivity index (χ2v) is 4.57. The SMILES string of the molecule is CNc1ccc(NC(=O)c2ccc(C(C)=O)cc2)c(O)c1. The van der Waals surface area contributed by atoms with Crippen LogP contribution in [0.4, 0.5) is 11.4 Å². The summed E-state index contributed by atoms with van der Waals surface area (Å²) >= 11 is 0. The third-order valence-corrected chi connectivity index (χ3v) is 3.09. The van der Waals surface area contributed by atoms with Crippen LogP contribution < -0.4 is 10.6 Å². The van der Waals surface area contributed by atoms with Crippen LogP contribution in [0.1, 0.15) is 27.6 Å². The van der Waals surface area contributed by atoms with E-state index in [0.29, 0.717) is 16.8 Å². The Hall–Kier alpha value is -2.82. The fourth-order valence-electron chi connectivity index (χ4n) is 1.84. The lowest BCUT2D eigenvalue weighted by molar-refractivity contribution is 0.100. The Bertz CT molecular complexity index is 678. The summed E-state index contributed by atoms with van der Waals surface area (Å²) in [7, 11) is 1.74. The molecule has 0 aromatic heterocycles. The van der Waals surface area contributed by atoms with E-state index in [2.05, 4.69) is 10.6 Å². The van der Waals surface area contributed by atoms with Gasteiger partial charge in [-0.1, -0.05) is 12.1 Å². The van der Waals surface area contributed by atoms with Gasteiger partial charge in [0.15, 0.2) is 5.78 Å².